The van der Waals surface area contributed by atoms with Gasteiger partial charge < -0.3 is 14.7 Å². The molecule has 2 aliphatic heterocycles. The van der Waals surface area contributed by atoms with Gasteiger partial charge in [-0.05, 0) is 55.7 Å². The minimum atomic E-state index is 0.0309. The molecule has 2 aliphatic rings. The van der Waals surface area contributed by atoms with Crippen LogP contribution in [0.25, 0.3) is 0 Å². The van der Waals surface area contributed by atoms with Crippen LogP contribution < -0.4 is 4.90 Å². The number of amides is 2. The van der Waals surface area contributed by atoms with Crippen LogP contribution >= 0.6 is 11.8 Å². The second-order valence-corrected chi connectivity index (χ2v) is 9.18. The maximum atomic E-state index is 13.4. The molecular formula is C25H28N4O2S. The van der Waals surface area contributed by atoms with Crippen molar-refractivity contribution in [1.82, 2.24) is 9.80 Å². The predicted octanol–water partition coefficient (Wildman–Crippen LogP) is 3.63. The van der Waals surface area contributed by atoms with Crippen LogP contribution in [-0.4, -0.2) is 66.6 Å². The molecule has 0 aromatic heterocycles. The zero-order chi connectivity index (χ0) is 22.3. The Balaban J connectivity index is 1.39. The smallest absolute Gasteiger partial charge is 0.255 e. The average molecular weight is 449 g/mol. The Bertz CT molecular complexity index is 996. The van der Waals surface area contributed by atoms with Crippen LogP contribution in [0, 0.1) is 11.3 Å². The van der Waals surface area contributed by atoms with E-state index in [1.54, 1.807) is 0 Å². The van der Waals surface area contributed by atoms with Crippen molar-refractivity contribution in [2.75, 3.05) is 49.9 Å². The van der Waals surface area contributed by atoms with Gasteiger partial charge in [0.15, 0.2) is 0 Å². The standard InChI is InChI=1S/C25H28N4O2S/c26-18-20-8-10-21(11-9-20)27-14-5-15-29(17-16-27)25(31)22-6-1-2-7-23(22)32-19-24(30)28-12-3-4-13-28/h1-2,6-11H,3-5,12-17,19H2. The molecule has 7 heteroatoms. The van der Waals surface area contributed by atoms with Gasteiger partial charge in [-0.2, -0.15) is 5.26 Å². The molecule has 2 heterocycles. The fourth-order valence-corrected chi connectivity index (χ4v) is 5.21. The van der Waals surface area contributed by atoms with Crippen LogP contribution in [0.5, 0.6) is 0 Å². The summed E-state index contributed by atoms with van der Waals surface area (Å²) in [5, 5.41) is 9.00. The molecule has 2 saturated heterocycles. The zero-order valence-corrected chi connectivity index (χ0v) is 19.0. The van der Waals surface area contributed by atoms with Gasteiger partial charge in [-0.25, -0.2) is 0 Å². The van der Waals surface area contributed by atoms with Gasteiger partial charge in [0.1, 0.15) is 0 Å². The van der Waals surface area contributed by atoms with Crippen LogP contribution in [-0.2, 0) is 4.79 Å². The highest BCUT2D eigenvalue weighted by Crippen LogP contribution is 2.26. The van der Waals surface area contributed by atoms with Crippen LogP contribution in [0.2, 0.25) is 0 Å². The van der Waals surface area contributed by atoms with Gasteiger partial charge in [0.2, 0.25) is 5.91 Å². The molecule has 32 heavy (non-hydrogen) atoms. The quantitative estimate of drug-likeness (QED) is 0.654. The summed E-state index contributed by atoms with van der Waals surface area (Å²) in [6.07, 6.45) is 3.05. The minimum absolute atomic E-state index is 0.0309. The Labute approximate surface area is 193 Å². The number of hydrogen-bond donors (Lipinski definition) is 0. The summed E-state index contributed by atoms with van der Waals surface area (Å²) in [6, 6.07) is 17.4. The van der Waals surface area contributed by atoms with Gasteiger partial charge >= 0.3 is 0 Å². The first-order valence-electron chi connectivity index (χ1n) is 11.2. The molecule has 0 radical (unpaired) electrons. The molecular weight excluding hydrogens is 420 g/mol. The normalized spacial score (nSPS) is 16.5. The number of nitriles is 1. The second-order valence-electron chi connectivity index (χ2n) is 8.16. The van der Waals surface area contributed by atoms with Gasteiger partial charge in [0.25, 0.3) is 5.91 Å². The van der Waals surface area contributed by atoms with E-state index in [-0.39, 0.29) is 11.8 Å². The topological polar surface area (TPSA) is 67.6 Å². The largest absolute Gasteiger partial charge is 0.370 e. The van der Waals surface area contributed by atoms with Crippen LogP contribution in [0.1, 0.15) is 35.2 Å². The lowest BCUT2D eigenvalue weighted by atomic mass is 10.2. The maximum absolute atomic E-state index is 13.4. The molecule has 0 saturated carbocycles. The lowest BCUT2D eigenvalue weighted by Crippen LogP contribution is -2.35. The number of thioether (sulfide) groups is 1. The highest BCUT2D eigenvalue weighted by atomic mass is 32.2. The molecule has 0 spiro atoms. The van der Waals surface area contributed by atoms with E-state index in [9.17, 15) is 9.59 Å². The molecule has 0 aliphatic carbocycles. The third kappa shape index (κ3) is 5.25. The van der Waals surface area contributed by atoms with E-state index in [4.69, 9.17) is 5.26 Å². The SMILES string of the molecule is N#Cc1ccc(N2CCCN(C(=O)c3ccccc3SCC(=O)N3CCCC3)CC2)cc1. The summed E-state index contributed by atoms with van der Waals surface area (Å²) in [5.74, 6) is 0.558. The third-order valence-corrected chi connectivity index (χ3v) is 7.13. The fourth-order valence-electron chi connectivity index (χ4n) is 4.26. The van der Waals surface area contributed by atoms with E-state index in [2.05, 4.69) is 11.0 Å². The molecule has 0 atom stereocenters. The van der Waals surface area contributed by atoms with E-state index in [1.807, 2.05) is 58.3 Å². The molecule has 2 aromatic rings. The Hall–Kier alpha value is -2.98. The van der Waals surface area contributed by atoms with Crippen molar-refractivity contribution in [2.24, 2.45) is 0 Å². The predicted molar refractivity (Wildman–Crippen MR) is 127 cm³/mol. The number of carbonyl (C=O) groups excluding carboxylic acids is 2. The Morgan fingerprint density at radius 3 is 2.31 bits per heavy atom. The van der Waals surface area contributed by atoms with Crippen molar-refractivity contribution >= 4 is 29.3 Å². The fraction of sp³-hybridized carbons (Fsp3) is 0.400. The Morgan fingerprint density at radius 1 is 0.844 bits per heavy atom. The molecule has 2 aromatic carbocycles. The summed E-state index contributed by atoms with van der Waals surface area (Å²) in [5.41, 5.74) is 2.41. The number of hydrogen-bond acceptors (Lipinski definition) is 5. The second kappa shape index (κ2) is 10.6. The van der Waals surface area contributed by atoms with E-state index >= 15 is 0 Å². The molecule has 166 valence electrons. The van der Waals surface area contributed by atoms with E-state index in [0.29, 0.717) is 30.0 Å². The molecule has 2 fully saturated rings. The molecule has 4 rings (SSSR count). The molecule has 2 amide bonds. The Morgan fingerprint density at radius 2 is 1.56 bits per heavy atom. The number of nitrogens with zero attached hydrogens (tertiary/aromatic N) is 4. The number of carbonyl (C=O) groups is 2. The maximum Gasteiger partial charge on any atom is 0.255 e. The zero-order valence-electron chi connectivity index (χ0n) is 18.2. The van der Waals surface area contributed by atoms with Crippen molar-refractivity contribution in [1.29, 1.82) is 5.26 Å². The lowest BCUT2D eigenvalue weighted by Gasteiger charge is -2.24. The van der Waals surface area contributed by atoms with Crippen molar-refractivity contribution < 1.29 is 9.59 Å². The number of anilines is 1. The summed E-state index contributed by atoms with van der Waals surface area (Å²) in [7, 11) is 0. The van der Waals surface area contributed by atoms with Crippen molar-refractivity contribution in [3.8, 4) is 6.07 Å². The number of rotatable bonds is 5. The minimum Gasteiger partial charge on any atom is -0.370 e. The van der Waals surface area contributed by atoms with Gasteiger partial charge in [-0.1, -0.05) is 12.1 Å². The van der Waals surface area contributed by atoms with Gasteiger partial charge in [-0.15, -0.1) is 11.8 Å². The molecule has 0 unspecified atom stereocenters. The lowest BCUT2D eigenvalue weighted by molar-refractivity contribution is -0.127. The van der Waals surface area contributed by atoms with Crippen LogP contribution in [0.4, 0.5) is 5.69 Å². The average Bonchev–Trinajstić information content (AvgIpc) is 3.27. The van der Waals surface area contributed by atoms with Crippen molar-refractivity contribution in [3.63, 3.8) is 0 Å². The highest BCUT2D eigenvalue weighted by molar-refractivity contribution is 8.00. The van der Waals surface area contributed by atoms with Crippen LogP contribution in [0.3, 0.4) is 0 Å². The number of likely N-dealkylation sites (tertiary alicyclic amines) is 1. The van der Waals surface area contributed by atoms with Crippen LogP contribution in [0.15, 0.2) is 53.4 Å². The first-order chi connectivity index (χ1) is 15.7. The summed E-state index contributed by atoms with van der Waals surface area (Å²) < 4.78 is 0. The monoisotopic (exact) mass is 448 g/mol. The summed E-state index contributed by atoms with van der Waals surface area (Å²) >= 11 is 1.46. The van der Waals surface area contributed by atoms with Crippen molar-refractivity contribution in [2.45, 2.75) is 24.2 Å². The summed E-state index contributed by atoms with van der Waals surface area (Å²) in [4.78, 5) is 32.8. The van der Waals surface area contributed by atoms with Crippen molar-refractivity contribution in [3.05, 3.63) is 59.7 Å². The van der Waals surface area contributed by atoms with Gasteiger partial charge in [0, 0.05) is 49.9 Å². The third-order valence-electron chi connectivity index (χ3n) is 6.07. The number of benzene rings is 2. The first-order valence-corrected chi connectivity index (χ1v) is 12.2. The highest BCUT2D eigenvalue weighted by Gasteiger charge is 2.24. The van der Waals surface area contributed by atoms with Gasteiger partial charge in [0.05, 0.1) is 22.9 Å². The summed E-state index contributed by atoms with van der Waals surface area (Å²) in [6.45, 7) is 4.67. The van der Waals surface area contributed by atoms with E-state index in [1.165, 1.54) is 11.8 Å². The van der Waals surface area contributed by atoms with E-state index in [0.717, 1.165) is 56.0 Å². The Kier molecular flexibility index (Phi) is 7.33. The van der Waals surface area contributed by atoms with E-state index < -0.39 is 0 Å². The molecule has 0 N–H and O–H groups in total. The molecule has 6 nitrogen and oxygen atoms in total. The molecule has 0 bridgehead atoms. The van der Waals surface area contributed by atoms with Gasteiger partial charge in [-0.3, -0.25) is 9.59 Å². The first kappa shape index (κ1) is 22.2.